The molecule has 4 atom stereocenters. The Balaban J connectivity index is 1.04. The number of nitrogens with two attached hydrogens (primary N) is 1. The first-order valence-corrected chi connectivity index (χ1v) is 17.3. The van der Waals surface area contributed by atoms with E-state index in [2.05, 4.69) is 43.6 Å². The highest BCUT2D eigenvalue weighted by Crippen LogP contribution is 2.46. The molecule has 0 amide bonds. The Labute approximate surface area is 268 Å². The van der Waals surface area contributed by atoms with Crippen LogP contribution in [0.25, 0.3) is 11.2 Å². The molecule has 46 heavy (non-hydrogen) atoms. The van der Waals surface area contributed by atoms with Gasteiger partial charge in [0.25, 0.3) is 0 Å². The maximum absolute atomic E-state index is 14.0. The highest BCUT2D eigenvalue weighted by atomic mass is 31.2. The van der Waals surface area contributed by atoms with Crippen molar-refractivity contribution in [2.24, 2.45) is 5.92 Å². The molecular weight excluding hydrogens is 605 g/mol. The Hall–Kier alpha value is -4.25. The van der Waals surface area contributed by atoms with Gasteiger partial charge >= 0.3 is 13.7 Å². The molecule has 13 heteroatoms. The van der Waals surface area contributed by atoms with E-state index in [0.717, 1.165) is 32.1 Å². The van der Waals surface area contributed by atoms with Crippen molar-refractivity contribution in [1.29, 1.82) is 0 Å². The van der Waals surface area contributed by atoms with Crippen LogP contribution in [0, 0.1) is 5.92 Å². The number of nitrogens with zero attached hydrogens (tertiary/aromatic N) is 4. The van der Waals surface area contributed by atoms with E-state index in [9.17, 15) is 9.36 Å². The summed E-state index contributed by atoms with van der Waals surface area (Å²) in [6, 6.07) is 18.3. The van der Waals surface area contributed by atoms with Crippen LogP contribution in [0.4, 0.5) is 11.8 Å². The number of aryl methyl sites for hydroxylation is 1. The van der Waals surface area contributed by atoms with Gasteiger partial charge in [-0.2, -0.15) is 15.1 Å². The summed E-state index contributed by atoms with van der Waals surface area (Å²) < 4.78 is 33.2. The number of aromatic nitrogens is 4. The van der Waals surface area contributed by atoms with Crippen LogP contribution in [0.2, 0.25) is 0 Å². The van der Waals surface area contributed by atoms with Gasteiger partial charge in [-0.15, -0.1) is 0 Å². The van der Waals surface area contributed by atoms with Crippen LogP contribution >= 0.6 is 7.75 Å². The summed E-state index contributed by atoms with van der Waals surface area (Å²) in [7, 11) is -3.98. The van der Waals surface area contributed by atoms with Crippen molar-refractivity contribution in [2.75, 3.05) is 24.3 Å². The average Bonchev–Trinajstić information content (AvgIpc) is 3.56. The molecule has 4 N–H and O–H groups in total. The van der Waals surface area contributed by atoms with E-state index in [1.807, 2.05) is 34.9 Å². The minimum Gasteiger partial charge on any atom is -0.465 e. The minimum absolute atomic E-state index is 0.0557. The summed E-state index contributed by atoms with van der Waals surface area (Å²) in [5, 5.41) is 6.17. The number of rotatable bonds is 16. The quantitative estimate of drug-likeness (QED) is 0.0582. The Morgan fingerprint density at radius 2 is 1.83 bits per heavy atom. The number of hydrogen-bond acceptors (Lipinski definition) is 10. The number of imidazole rings is 1. The number of anilines is 2. The zero-order chi connectivity index (χ0) is 31.9. The van der Waals surface area contributed by atoms with Crippen LogP contribution in [0.5, 0.6) is 5.75 Å². The highest BCUT2D eigenvalue weighted by Gasteiger charge is 2.34. The van der Waals surface area contributed by atoms with Crippen molar-refractivity contribution in [3.63, 3.8) is 0 Å². The zero-order valence-electron chi connectivity index (χ0n) is 25.8. The van der Waals surface area contributed by atoms with E-state index in [-0.39, 0.29) is 31.1 Å². The number of nitrogens with one attached hydrogen (secondary N) is 2. The smallest absolute Gasteiger partial charge is 0.459 e. The summed E-state index contributed by atoms with van der Waals surface area (Å²) in [6.07, 6.45) is 11.2. The maximum Gasteiger partial charge on any atom is 0.459 e. The van der Waals surface area contributed by atoms with Crippen LogP contribution in [0.1, 0.15) is 50.6 Å². The van der Waals surface area contributed by atoms with Gasteiger partial charge in [0.05, 0.1) is 25.6 Å². The molecule has 2 heterocycles. The molecule has 2 aliphatic carbocycles. The molecule has 0 bridgehead atoms. The first-order chi connectivity index (χ1) is 22.3. The Kier molecular flexibility index (Phi) is 9.97. The third kappa shape index (κ3) is 8.31. The number of ether oxygens (including phenoxy) is 1. The lowest BCUT2D eigenvalue weighted by Gasteiger charge is -2.24. The second-order valence-electron chi connectivity index (χ2n) is 11.8. The lowest BCUT2D eigenvalue weighted by molar-refractivity contribution is -0.145. The summed E-state index contributed by atoms with van der Waals surface area (Å²) in [5.41, 5.74) is 8.61. The van der Waals surface area contributed by atoms with Crippen molar-refractivity contribution in [3.05, 3.63) is 84.7 Å². The average molecular weight is 646 g/mol. The van der Waals surface area contributed by atoms with Gasteiger partial charge in [-0.05, 0) is 63.1 Å². The van der Waals surface area contributed by atoms with Gasteiger partial charge < -0.3 is 24.9 Å². The molecule has 0 radical (unpaired) electrons. The maximum atomic E-state index is 14.0. The molecule has 0 saturated heterocycles. The number of allylic oxidation sites excluding steroid dienone is 1. The van der Waals surface area contributed by atoms with Gasteiger partial charge in [0.1, 0.15) is 11.8 Å². The third-order valence-electron chi connectivity index (χ3n) is 7.94. The van der Waals surface area contributed by atoms with Crippen molar-refractivity contribution in [2.45, 2.75) is 63.6 Å². The lowest BCUT2D eigenvalue weighted by Crippen LogP contribution is -2.35. The largest absolute Gasteiger partial charge is 0.465 e. The standard InChI is InChI=1S/C33H40N7O5P/c1-23(32(41)43-19-9-8-12-24-10-4-2-5-11-24)39-46(42,45-28-13-6-3-7-14-28)44-21-25-15-18-27(20-25)40-22-35-29-30(36-26-16-17-26)37-33(34)38-31(29)40/h2-7,10-11,13-15,18,22-23,25-27H,8-9,12,16-17,19-21H2,1H3,(H,39,42)(H3,34,36,37,38)/t23-,25+,27-,46?/m0/s1. The SMILES string of the molecule is C[C@H](NP(=O)(OC[C@@H]1C=C[C@H](n2cnc3c(NC4CC4)nc(N)nc32)C1)Oc1ccccc1)C(=O)OCCCCc1ccccc1. The van der Waals surface area contributed by atoms with E-state index in [0.29, 0.717) is 35.2 Å². The van der Waals surface area contributed by atoms with Gasteiger partial charge in [-0.1, -0.05) is 60.7 Å². The molecule has 1 fully saturated rings. The monoisotopic (exact) mass is 645 g/mol. The van der Waals surface area contributed by atoms with E-state index < -0.39 is 19.8 Å². The molecule has 6 rings (SSSR count). The van der Waals surface area contributed by atoms with Crippen LogP contribution in [-0.2, 0) is 25.0 Å². The predicted molar refractivity (Wildman–Crippen MR) is 176 cm³/mol. The zero-order valence-corrected chi connectivity index (χ0v) is 26.7. The minimum atomic E-state index is -3.98. The molecule has 12 nitrogen and oxygen atoms in total. The van der Waals surface area contributed by atoms with Crippen LogP contribution in [0.3, 0.4) is 0 Å². The molecule has 0 spiro atoms. The Morgan fingerprint density at radius 1 is 1.07 bits per heavy atom. The molecular formula is C33H40N7O5P. The number of unbranched alkanes of at least 4 members (excludes halogenated alkanes) is 1. The van der Waals surface area contributed by atoms with Crippen molar-refractivity contribution in [1.82, 2.24) is 24.6 Å². The molecule has 4 aromatic rings. The molecule has 242 valence electrons. The van der Waals surface area contributed by atoms with E-state index >= 15 is 0 Å². The summed E-state index contributed by atoms with van der Waals surface area (Å²) in [6.45, 7) is 1.96. The molecule has 2 aromatic carbocycles. The first kappa shape index (κ1) is 31.7. The number of carbonyl (C=O) groups excluding carboxylic acids is 1. The lowest BCUT2D eigenvalue weighted by atomic mass is 10.1. The fourth-order valence-corrected chi connectivity index (χ4v) is 6.89. The topological polar surface area (TPSA) is 156 Å². The number of carbonyl (C=O) groups is 1. The summed E-state index contributed by atoms with van der Waals surface area (Å²) in [4.78, 5) is 26.2. The van der Waals surface area contributed by atoms with Crippen LogP contribution in [-0.4, -0.2) is 50.8 Å². The number of nitrogen functional groups attached to an aromatic ring is 1. The van der Waals surface area contributed by atoms with Gasteiger partial charge in [-0.3, -0.25) is 9.32 Å². The van der Waals surface area contributed by atoms with Gasteiger partial charge in [0, 0.05) is 12.0 Å². The Morgan fingerprint density at radius 3 is 2.59 bits per heavy atom. The van der Waals surface area contributed by atoms with Crippen molar-refractivity contribution in [3.8, 4) is 5.75 Å². The number of benzene rings is 2. The summed E-state index contributed by atoms with van der Waals surface area (Å²) in [5.74, 6) is 0.592. The van der Waals surface area contributed by atoms with Crippen LogP contribution < -0.4 is 20.7 Å². The molecule has 1 unspecified atom stereocenters. The number of para-hydroxylation sites is 1. The van der Waals surface area contributed by atoms with Gasteiger partial charge in [0.15, 0.2) is 17.0 Å². The number of esters is 1. The second-order valence-corrected chi connectivity index (χ2v) is 13.5. The number of fused-ring (bicyclic) bond motifs is 1. The Bertz CT molecular complexity index is 1700. The van der Waals surface area contributed by atoms with Crippen LogP contribution in [0.15, 0.2) is 79.1 Å². The first-order valence-electron chi connectivity index (χ1n) is 15.8. The fourth-order valence-electron chi connectivity index (χ4n) is 5.35. The normalized spacial score (nSPS) is 19.5. The summed E-state index contributed by atoms with van der Waals surface area (Å²) >= 11 is 0. The fraction of sp³-hybridized carbons (Fsp3) is 0.394. The van der Waals surface area contributed by atoms with Crippen molar-refractivity contribution < 1.29 is 23.1 Å². The van der Waals surface area contributed by atoms with E-state index in [4.69, 9.17) is 19.5 Å². The molecule has 2 aliphatic rings. The highest BCUT2D eigenvalue weighted by molar-refractivity contribution is 7.52. The molecule has 2 aromatic heterocycles. The molecule has 0 aliphatic heterocycles. The van der Waals surface area contributed by atoms with E-state index in [1.165, 1.54) is 5.56 Å². The predicted octanol–water partition coefficient (Wildman–Crippen LogP) is 5.85. The molecule has 1 saturated carbocycles. The van der Waals surface area contributed by atoms with Gasteiger partial charge in [0.2, 0.25) is 5.95 Å². The van der Waals surface area contributed by atoms with Crippen molar-refractivity contribution >= 4 is 36.6 Å². The second kappa shape index (κ2) is 14.5. The number of hydrogen-bond donors (Lipinski definition) is 3. The third-order valence-corrected chi connectivity index (χ3v) is 9.59. The van der Waals surface area contributed by atoms with Gasteiger partial charge in [-0.25, -0.2) is 9.55 Å². The van der Waals surface area contributed by atoms with E-state index in [1.54, 1.807) is 37.5 Å².